The van der Waals surface area contributed by atoms with Crippen LogP contribution in [0.25, 0.3) is 22.7 Å². The van der Waals surface area contributed by atoms with Gasteiger partial charge in [-0.2, -0.15) is 14.7 Å². The van der Waals surface area contributed by atoms with Crippen molar-refractivity contribution >= 4 is 5.65 Å². The van der Waals surface area contributed by atoms with Gasteiger partial charge in [-0.15, -0.1) is 10.2 Å². The number of benzene rings is 1. The Balaban J connectivity index is 1.29. The number of hydrogen-bond acceptors (Lipinski definition) is 6. The molecule has 34 heavy (non-hydrogen) atoms. The smallest absolute Gasteiger partial charge is 0.255 e. The largest absolute Gasteiger partial charge is 0.506 e. The van der Waals surface area contributed by atoms with E-state index >= 15 is 0 Å². The van der Waals surface area contributed by atoms with E-state index in [9.17, 15) is 9.90 Å². The van der Waals surface area contributed by atoms with Crippen molar-refractivity contribution in [3.8, 4) is 22.8 Å². The first-order valence-electron chi connectivity index (χ1n) is 11.2. The molecule has 4 heterocycles. The maximum absolute atomic E-state index is 12.8. The number of aromatic hydroxyl groups is 1. The van der Waals surface area contributed by atoms with Crippen molar-refractivity contribution in [3.63, 3.8) is 0 Å². The maximum atomic E-state index is 12.8. The molecule has 1 saturated carbocycles. The van der Waals surface area contributed by atoms with E-state index in [1.807, 2.05) is 37.7 Å². The molecule has 5 aromatic rings. The molecule has 2 atom stereocenters. The van der Waals surface area contributed by atoms with E-state index in [-0.39, 0.29) is 23.1 Å². The standard InChI is InChI=1S/C25H23N7O2/c1-14-10-20(29-32-15(2)26-27-25(14)32)22-13-19(28-30(22)3)18-12-17(18)16-8-9-31(24(34)11-16)21-6-4-5-7-23(21)33/h4-11,13,17-18,33H,12H2,1-3H3. The second-order valence-electron chi connectivity index (χ2n) is 8.88. The Morgan fingerprint density at radius 3 is 2.62 bits per heavy atom. The molecule has 0 saturated heterocycles. The summed E-state index contributed by atoms with van der Waals surface area (Å²) in [4.78, 5) is 12.8. The number of phenolic OH excluding ortho intramolecular Hbond substituents is 1. The van der Waals surface area contributed by atoms with E-state index in [0.717, 1.165) is 46.1 Å². The Bertz CT molecular complexity index is 1630. The van der Waals surface area contributed by atoms with Crippen molar-refractivity contribution in [2.24, 2.45) is 7.05 Å². The highest BCUT2D eigenvalue weighted by molar-refractivity contribution is 5.60. The Morgan fingerprint density at radius 1 is 1.00 bits per heavy atom. The van der Waals surface area contributed by atoms with Crippen molar-refractivity contribution in [2.45, 2.75) is 32.1 Å². The van der Waals surface area contributed by atoms with E-state index in [1.54, 1.807) is 41.0 Å². The molecule has 0 radical (unpaired) electrons. The average molecular weight is 454 g/mol. The molecule has 0 aliphatic heterocycles. The molecule has 1 fully saturated rings. The third kappa shape index (κ3) is 3.20. The molecule has 1 aliphatic rings. The van der Waals surface area contributed by atoms with Crippen LogP contribution >= 0.6 is 0 Å². The van der Waals surface area contributed by atoms with E-state index in [2.05, 4.69) is 16.3 Å². The van der Waals surface area contributed by atoms with Crippen LogP contribution in [0.3, 0.4) is 0 Å². The number of hydrogen-bond donors (Lipinski definition) is 1. The van der Waals surface area contributed by atoms with Crippen molar-refractivity contribution in [3.05, 3.63) is 87.7 Å². The first kappa shape index (κ1) is 20.3. The van der Waals surface area contributed by atoms with Crippen molar-refractivity contribution in [1.82, 2.24) is 34.2 Å². The van der Waals surface area contributed by atoms with Gasteiger partial charge in [0.25, 0.3) is 5.56 Å². The molecule has 9 nitrogen and oxygen atoms in total. The fourth-order valence-corrected chi connectivity index (χ4v) is 4.65. The number of fused-ring (bicyclic) bond motifs is 1. The minimum Gasteiger partial charge on any atom is -0.506 e. The van der Waals surface area contributed by atoms with E-state index < -0.39 is 0 Å². The van der Waals surface area contributed by atoms with Crippen molar-refractivity contribution < 1.29 is 5.11 Å². The van der Waals surface area contributed by atoms with Gasteiger partial charge in [-0.1, -0.05) is 12.1 Å². The molecule has 170 valence electrons. The number of aromatic nitrogens is 7. The molecular formula is C25H23N7O2. The number of para-hydroxylation sites is 2. The zero-order valence-corrected chi connectivity index (χ0v) is 19.0. The third-order valence-electron chi connectivity index (χ3n) is 6.55. The summed E-state index contributed by atoms with van der Waals surface area (Å²) in [6, 6.07) is 14.5. The molecule has 1 N–H and O–H groups in total. The van der Waals surface area contributed by atoms with Gasteiger partial charge in [-0.25, -0.2) is 0 Å². The second kappa shape index (κ2) is 7.38. The summed E-state index contributed by atoms with van der Waals surface area (Å²) in [5.41, 5.74) is 5.79. The predicted octanol–water partition coefficient (Wildman–Crippen LogP) is 3.27. The molecular weight excluding hydrogens is 430 g/mol. The van der Waals surface area contributed by atoms with Gasteiger partial charge in [0.05, 0.1) is 17.1 Å². The van der Waals surface area contributed by atoms with E-state index in [4.69, 9.17) is 10.2 Å². The third-order valence-corrected chi connectivity index (χ3v) is 6.55. The Kier molecular flexibility index (Phi) is 4.41. The monoisotopic (exact) mass is 453 g/mol. The Labute approximate surface area is 194 Å². The number of pyridine rings is 1. The van der Waals surface area contributed by atoms with Crippen LogP contribution in [0.15, 0.2) is 59.5 Å². The molecule has 0 bridgehead atoms. The molecule has 9 heteroatoms. The topological polar surface area (TPSA) is 103 Å². The SMILES string of the molecule is Cc1cc(-c2cc(C3CC3c3ccn(-c4ccccc4O)c(=O)c3)nn2C)nn2c(C)nnc12. The minimum atomic E-state index is -0.163. The van der Waals surface area contributed by atoms with Gasteiger partial charge < -0.3 is 5.11 Å². The lowest BCUT2D eigenvalue weighted by Gasteiger charge is -2.08. The number of nitrogens with zero attached hydrogens (tertiary/aromatic N) is 7. The summed E-state index contributed by atoms with van der Waals surface area (Å²) in [6.07, 6.45) is 2.67. The van der Waals surface area contributed by atoms with Gasteiger partial charge >= 0.3 is 0 Å². The van der Waals surface area contributed by atoms with Crippen molar-refractivity contribution in [1.29, 1.82) is 0 Å². The van der Waals surface area contributed by atoms with Crippen LogP contribution in [-0.2, 0) is 7.05 Å². The Hall–Kier alpha value is -4.27. The van der Waals surface area contributed by atoms with Crippen molar-refractivity contribution in [2.75, 3.05) is 0 Å². The summed E-state index contributed by atoms with van der Waals surface area (Å²) in [7, 11) is 1.92. The van der Waals surface area contributed by atoms with Crippen LogP contribution in [-0.4, -0.2) is 39.3 Å². The predicted molar refractivity (Wildman–Crippen MR) is 126 cm³/mol. The molecule has 1 aromatic carbocycles. The zero-order chi connectivity index (χ0) is 23.6. The molecule has 0 amide bonds. The first-order valence-corrected chi connectivity index (χ1v) is 11.2. The zero-order valence-electron chi connectivity index (χ0n) is 19.0. The van der Waals surface area contributed by atoms with Gasteiger partial charge in [0.1, 0.15) is 11.4 Å². The molecule has 4 aromatic heterocycles. The normalized spacial score (nSPS) is 17.4. The van der Waals surface area contributed by atoms with Gasteiger partial charge in [0.15, 0.2) is 11.5 Å². The van der Waals surface area contributed by atoms with Crippen LogP contribution in [0, 0.1) is 13.8 Å². The van der Waals surface area contributed by atoms with Crippen LogP contribution in [0.1, 0.15) is 40.9 Å². The fourth-order valence-electron chi connectivity index (χ4n) is 4.65. The van der Waals surface area contributed by atoms with Crippen LogP contribution < -0.4 is 5.56 Å². The molecule has 1 aliphatic carbocycles. The van der Waals surface area contributed by atoms with E-state index in [0.29, 0.717) is 5.69 Å². The Morgan fingerprint density at radius 2 is 1.82 bits per heavy atom. The molecule has 0 spiro atoms. The average Bonchev–Trinajstić information content (AvgIpc) is 3.39. The van der Waals surface area contributed by atoms with Gasteiger partial charge in [-0.05, 0) is 67.6 Å². The first-order chi connectivity index (χ1) is 16.4. The van der Waals surface area contributed by atoms with Gasteiger partial charge in [0, 0.05) is 25.2 Å². The lowest BCUT2D eigenvalue weighted by molar-refractivity contribution is 0.471. The summed E-state index contributed by atoms with van der Waals surface area (Å²) >= 11 is 0. The number of aryl methyl sites for hydroxylation is 3. The summed E-state index contributed by atoms with van der Waals surface area (Å²) in [5, 5.41) is 27.9. The molecule has 2 unspecified atom stereocenters. The highest BCUT2D eigenvalue weighted by Gasteiger charge is 2.42. The quantitative estimate of drug-likeness (QED) is 0.448. The summed E-state index contributed by atoms with van der Waals surface area (Å²) in [5.74, 6) is 1.31. The number of phenols is 1. The second-order valence-corrected chi connectivity index (χ2v) is 8.88. The fraction of sp³-hybridized carbons (Fsp3) is 0.240. The number of rotatable bonds is 4. The van der Waals surface area contributed by atoms with Crippen LogP contribution in [0.5, 0.6) is 5.75 Å². The lowest BCUT2D eigenvalue weighted by Crippen LogP contribution is -2.17. The van der Waals surface area contributed by atoms with Gasteiger partial charge in [0.2, 0.25) is 0 Å². The lowest BCUT2D eigenvalue weighted by atomic mass is 10.1. The molecule has 6 rings (SSSR count). The van der Waals surface area contributed by atoms with Crippen LogP contribution in [0.2, 0.25) is 0 Å². The van der Waals surface area contributed by atoms with E-state index in [1.165, 1.54) is 4.57 Å². The summed E-state index contributed by atoms with van der Waals surface area (Å²) in [6.45, 7) is 3.88. The van der Waals surface area contributed by atoms with Crippen LogP contribution in [0.4, 0.5) is 0 Å². The van der Waals surface area contributed by atoms with Gasteiger partial charge in [-0.3, -0.25) is 14.0 Å². The highest BCUT2D eigenvalue weighted by atomic mass is 16.3. The minimum absolute atomic E-state index is 0.0753. The maximum Gasteiger partial charge on any atom is 0.255 e. The summed E-state index contributed by atoms with van der Waals surface area (Å²) < 4.78 is 5.08. The highest BCUT2D eigenvalue weighted by Crippen LogP contribution is 2.54.